The highest BCUT2D eigenvalue weighted by molar-refractivity contribution is 5.68. The first kappa shape index (κ1) is 8.80. The highest BCUT2D eigenvalue weighted by Crippen LogP contribution is 2.21. The Kier molecular flexibility index (Phi) is 2.19. The van der Waals surface area contributed by atoms with Gasteiger partial charge < -0.3 is 15.3 Å². The third-order valence-electron chi connectivity index (χ3n) is 1.70. The van der Waals surface area contributed by atoms with Crippen molar-refractivity contribution < 1.29 is 14.3 Å². The number of furan rings is 1. The fourth-order valence-electron chi connectivity index (χ4n) is 1.01. The molecule has 0 aliphatic carbocycles. The van der Waals surface area contributed by atoms with Gasteiger partial charge in [-0.25, -0.2) is 0 Å². The lowest BCUT2D eigenvalue weighted by Crippen LogP contribution is -2.35. The molecule has 0 unspecified atom stereocenters. The molecule has 1 rings (SSSR count). The van der Waals surface area contributed by atoms with Crippen LogP contribution < -0.4 is 5.73 Å². The second kappa shape index (κ2) is 2.98. The number of rotatable bonds is 3. The van der Waals surface area contributed by atoms with Gasteiger partial charge in [-0.1, -0.05) is 0 Å². The van der Waals surface area contributed by atoms with Crippen LogP contribution >= 0.6 is 0 Å². The second-order valence-corrected chi connectivity index (χ2v) is 3.00. The van der Waals surface area contributed by atoms with Crippen LogP contribution in [0.4, 0.5) is 0 Å². The van der Waals surface area contributed by atoms with E-state index in [1.165, 1.54) is 12.5 Å². The molecule has 12 heavy (non-hydrogen) atoms. The van der Waals surface area contributed by atoms with E-state index >= 15 is 0 Å². The Bertz CT molecular complexity index is 264. The van der Waals surface area contributed by atoms with Gasteiger partial charge in [0.15, 0.2) is 0 Å². The molecule has 3 N–H and O–H groups in total. The van der Waals surface area contributed by atoms with Gasteiger partial charge in [-0.2, -0.15) is 0 Å². The van der Waals surface area contributed by atoms with Gasteiger partial charge in [0.25, 0.3) is 0 Å². The summed E-state index contributed by atoms with van der Waals surface area (Å²) in [5, 5.41) is 8.54. The largest absolute Gasteiger partial charge is 0.481 e. The Hall–Kier alpha value is -1.29. The SMILES string of the molecule is C[C@@](N)(CC(=O)O)c1ccoc1. The highest BCUT2D eigenvalue weighted by atomic mass is 16.4. The van der Waals surface area contributed by atoms with Crippen molar-refractivity contribution in [3.63, 3.8) is 0 Å². The van der Waals surface area contributed by atoms with Crippen LogP contribution in [0.3, 0.4) is 0 Å². The Morgan fingerprint density at radius 1 is 1.83 bits per heavy atom. The van der Waals surface area contributed by atoms with E-state index in [0.717, 1.165) is 0 Å². The third-order valence-corrected chi connectivity index (χ3v) is 1.70. The van der Waals surface area contributed by atoms with E-state index in [-0.39, 0.29) is 6.42 Å². The molecule has 0 saturated heterocycles. The molecular weight excluding hydrogens is 158 g/mol. The number of carboxylic acid groups (broad SMARTS) is 1. The summed E-state index contributed by atoms with van der Waals surface area (Å²) in [5.41, 5.74) is 5.59. The molecule has 1 aromatic rings. The topological polar surface area (TPSA) is 76.5 Å². The Morgan fingerprint density at radius 3 is 2.92 bits per heavy atom. The molecular formula is C8H11NO3. The van der Waals surface area contributed by atoms with Crippen LogP contribution in [0.15, 0.2) is 23.0 Å². The molecule has 1 atom stereocenters. The normalized spacial score (nSPS) is 15.5. The quantitative estimate of drug-likeness (QED) is 0.705. The minimum absolute atomic E-state index is 0.105. The van der Waals surface area contributed by atoms with Crippen molar-refractivity contribution in [2.24, 2.45) is 5.73 Å². The van der Waals surface area contributed by atoms with Crippen LogP contribution in [0.1, 0.15) is 18.9 Å². The summed E-state index contributed by atoms with van der Waals surface area (Å²) < 4.78 is 4.81. The molecule has 0 aliphatic rings. The molecule has 1 aromatic heterocycles. The van der Waals surface area contributed by atoms with E-state index in [2.05, 4.69) is 0 Å². The van der Waals surface area contributed by atoms with Crippen LogP contribution in [-0.2, 0) is 10.3 Å². The monoisotopic (exact) mass is 169 g/mol. The predicted octanol–water partition coefficient (Wildman–Crippen LogP) is 0.928. The van der Waals surface area contributed by atoms with Gasteiger partial charge in [0.05, 0.1) is 24.5 Å². The van der Waals surface area contributed by atoms with Crippen LogP contribution in [0, 0.1) is 0 Å². The minimum Gasteiger partial charge on any atom is -0.481 e. The first-order valence-electron chi connectivity index (χ1n) is 3.56. The van der Waals surface area contributed by atoms with Gasteiger partial charge >= 0.3 is 5.97 Å². The summed E-state index contributed by atoms with van der Waals surface area (Å²) in [6.07, 6.45) is 2.83. The molecule has 0 spiro atoms. The lowest BCUT2D eigenvalue weighted by molar-refractivity contribution is -0.138. The Morgan fingerprint density at radius 2 is 2.50 bits per heavy atom. The zero-order valence-corrected chi connectivity index (χ0v) is 6.78. The zero-order valence-electron chi connectivity index (χ0n) is 6.78. The van der Waals surface area contributed by atoms with Crippen LogP contribution in [-0.4, -0.2) is 11.1 Å². The predicted molar refractivity (Wildman–Crippen MR) is 42.5 cm³/mol. The lowest BCUT2D eigenvalue weighted by Gasteiger charge is -2.20. The molecule has 0 amide bonds. The van der Waals surface area contributed by atoms with Gasteiger partial charge in [-0.15, -0.1) is 0 Å². The van der Waals surface area contributed by atoms with E-state index in [1.807, 2.05) is 0 Å². The van der Waals surface area contributed by atoms with Crippen molar-refractivity contribution >= 4 is 5.97 Å². The first-order chi connectivity index (χ1) is 5.52. The fraction of sp³-hybridized carbons (Fsp3) is 0.375. The van der Waals surface area contributed by atoms with E-state index in [1.54, 1.807) is 13.0 Å². The first-order valence-corrected chi connectivity index (χ1v) is 3.56. The van der Waals surface area contributed by atoms with E-state index in [9.17, 15) is 4.79 Å². The van der Waals surface area contributed by atoms with Crippen molar-refractivity contribution in [3.8, 4) is 0 Å². The van der Waals surface area contributed by atoms with Crippen LogP contribution in [0.25, 0.3) is 0 Å². The number of hydrogen-bond donors (Lipinski definition) is 2. The Labute approximate surface area is 70.0 Å². The van der Waals surface area contributed by atoms with Gasteiger partial charge in [0, 0.05) is 5.56 Å². The third kappa shape index (κ3) is 1.85. The maximum absolute atomic E-state index is 10.4. The molecule has 0 bridgehead atoms. The summed E-state index contributed by atoms with van der Waals surface area (Å²) in [5.74, 6) is -0.916. The van der Waals surface area contributed by atoms with Crippen molar-refractivity contribution in [3.05, 3.63) is 24.2 Å². The molecule has 4 heteroatoms. The fourth-order valence-corrected chi connectivity index (χ4v) is 1.01. The van der Waals surface area contributed by atoms with E-state index < -0.39 is 11.5 Å². The molecule has 0 radical (unpaired) electrons. The van der Waals surface area contributed by atoms with Crippen molar-refractivity contribution in [1.82, 2.24) is 0 Å². The zero-order chi connectivity index (χ0) is 9.19. The Balaban J connectivity index is 2.79. The standard InChI is InChI=1S/C8H11NO3/c1-8(9,4-7(10)11)6-2-3-12-5-6/h2-3,5H,4,9H2,1H3,(H,10,11)/t8-/m1/s1. The summed E-state index contributed by atoms with van der Waals surface area (Å²) in [7, 11) is 0. The van der Waals surface area contributed by atoms with E-state index in [0.29, 0.717) is 5.56 Å². The van der Waals surface area contributed by atoms with Crippen molar-refractivity contribution in [2.45, 2.75) is 18.9 Å². The van der Waals surface area contributed by atoms with Gasteiger partial charge in [-0.05, 0) is 13.0 Å². The second-order valence-electron chi connectivity index (χ2n) is 3.00. The number of hydrogen-bond acceptors (Lipinski definition) is 3. The minimum atomic E-state index is -0.916. The average molecular weight is 169 g/mol. The smallest absolute Gasteiger partial charge is 0.305 e. The number of nitrogens with two attached hydrogens (primary N) is 1. The molecule has 0 fully saturated rings. The molecule has 0 aliphatic heterocycles. The summed E-state index contributed by atoms with van der Waals surface area (Å²) >= 11 is 0. The maximum Gasteiger partial charge on any atom is 0.305 e. The molecule has 0 aromatic carbocycles. The van der Waals surface area contributed by atoms with E-state index in [4.69, 9.17) is 15.3 Å². The van der Waals surface area contributed by atoms with Crippen molar-refractivity contribution in [2.75, 3.05) is 0 Å². The van der Waals surface area contributed by atoms with Gasteiger partial charge in [0.1, 0.15) is 0 Å². The molecule has 0 saturated carbocycles. The average Bonchev–Trinajstić information content (AvgIpc) is 2.32. The maximum atomic E-state index is 10.4. The summed E-state index contributed by atoms with van der Waals surface area (Å²) in [4.78, 5) is 10.4. The molecule has 66 valence electrons. The number of carbonyl (C=O) groups is 1. The van der Waals surface area contributed by atoms with Gasteiger partial charge in [-0.3, -0.25) is 4.79 Å². The van der Waals surface area contributed by atoms with Gasteiger partial charge in [0.2, 0.25) is 0 Å². The lowest BCUT2D eigenvalue weighted by atomic mass is 9.92. The van der Waals surface area contributed by atoms with Crippen LogP contribution in [0.5, 0.6) is 0 Å². The number of aliphatic carboxylic acids is 1. The summed E-state index contributed by atoms with van der Waals surface area (Å²) in [6.45, 7) is 1.66. The molecule has 1 heterocycles. The van der Waals surface area contributed by atoms with Crippen LogP contribution in [0.2, 0.25) is 0 Å². The molecule has 4 nitrogen and oxygen atoms in total. The summed E-state index contributed by atoms with van der Waals surface area (Å²) in [6, 6.07) is 1.67. The number of carboxylic acids is 1. The highest BCUT2D eigenvalue weighted by Gasteiger charge is 2.25. The van der Waals surface area contributed by atoms with Crippen molar-refractivity contribution in [1.29, 1.82) is 0 Å².